The molecule has 0 amide bonds. The van der Waals surface area contributed by atoms with Crippen molar-refractivity contribution in [3.05, 3.63) is 65.7 Å². The first-order chi connectivity index (χ1) is 9.29. The second kappa shape index (κ2) is 6.90. The van der Waals surface area contributed by atoms with Crippen molar-refractivity contribution in [2.45, 2.75) is 0 Å². The maximum Gasteiger partial charge on any atom is 0.321 e. The quantitative estimate of drug-likeness (QED) is 0.366. The van der Waals surface area contributed by atoms with Gasteiger partial charge < -0.3 is 4.74 Å². The number of benzene rings is 2. The molecule has 0 aliphatic rings. The van der Waals surface area contributed by atoms with Crippen molar-refractivity contribution < 1.29 is 9.53 Å². The predicted octanol–water partition coefficient (Wildman–Crippen LogP) is 4.16. The Kier molecular flexibility index (Phi) is 4.93. The Morgan fingerprint density at radius 1 is 1.00 bits per heavy atom. The molecule has 0 heterocycles. The molecule has 2 aromatic rings. The number of halogens is 1. The molecule has 0 aliphatic carbocycles. The zero-order valence-electron chi connectivity index (χ0n) is 10.3. The van der Waals surface area contributed by atoms with E-state index in [2.05, 4.69) is 15.9 Å². The lowest BCUT2D eigenvalue weighted by Gasteiger charge is -2.05. The van der Waals surface area contributed by atoms with E-state index in [4.69, 9.17) is 4.74 Å². The molecule has 3 heteroatoms. The Morgan fingerprint density at radius 3 is 2.42 bits per heavy atom. The van der Waals surface area contributed by atoms with Gasteiger partial charge in [0, 0.05) is 5.56 Å². The van der Waals surface area contributed by atoms with Gasteiger partial charge in [-0.3, -0.25) is 4.79 Å². The third-order valence-corrected chi connectivity index (χ3v) is 2.96. The molecule has 0 spiro atoms. The van der Waals surface area contributed by atoms with Crippen LogP contribution in [0.5, 0.6) is 5.75 Å². The van der Waals surface area contributed by atoms with E-state index >= 15 is 0 Å². The van der Waals surface area contributed by atoms with Gasteiger partial charge in [0.2, 0.25) is 0 Å². The van der Waals surface area contributed by atoms with Crippen LogP contribution < -0.4 is 4.74 Å². The van der Waals surface area contributed by atoms with Crippen LogP contribution >= 0.6 is 15.9 Å². The fraction of sp³-hybridized carbons (Fsp3) is 0.0625. The number of alkyl halides is 1. The summed E-state index contributed by atoms with van der Waals surface area (Å²) >= 11 is 3.08. The summed E-state index contributed by atoms with van der Waals surface area (Å²) in [5.74, 6) is 0.264. The van der Waals surface area contributed by atoms with Gasteiger partial charge in [-0.15, -0.1) is 0 Å². The van der Waals surface area contributed by atoms with Gasteiger partial charge in [-0.1, -0.05) is 76.6 Å². The molecule has 96 valence electrons. The number of carbonyl (C=O) groups is 1. The molecular formula is C16H13BrO2. The molecular weight excluding hydrogens is 304 g/mol. The first kappa shape index (κ1) is 13.6. The molecule has 0 unspecified atom stereocenters. The summed E-state index contributed by atoms with van der Waals surface area (Å²) in [5.41, 5.74) is 1.98. The van der Waals surface area contributed by atoms with Gasteiger partial charge in [-0.05, 0) is 11.6 Å². The van der Waals surface area contributed by atoms with Gasteiger partial charge >= 0.3 is 5.97 Å². The summed E-state index contributed by atoms with van der Waals surface area (Å²) < 4.78 is 5.25. The number of ether oxygens (including phenoxy) is 1. The highest BCUT2D eigenvalue weighted by Crippen LogP contribution is 2.21. The Hall–Kier alpha value is -1.87. The minimum Gasteiger partial charge on any atom is -0.425 e. The predicted molar refractivity (Wildman–Crippen MR) is 81.2 cm³/mol. The average molecular weight is 317 g/mol. The van der Waals surface area contributed by atoms with Crippen LogP contribution in [0.15, 0.2) is 54.6 Å². The van der Waals surface area contributed by atoms with Gasteiger partial charge in [0.25, 0.3) is 0 Å². The van der Waals surface area contributed by atoms with Gasteiger partial charge in [0.05, 0.1) is 0 Å². The molecule has 0 N–H and O–H groups in total. The molecule has 0 radical (unpaired) electrons. The van der Waals surface area contributed by atoms with Crippen LogP contribution in [0.4, 0.5) is 0 Å². The van der Waals surface area contributed by atoms with E-state index < -0.39 is 0 Å². The lowest BCUT2D eigenvalue weighted by atomic mass is 10.1. The standard InChI is InChI=1S/C16H13BrO2/c17-12-16(18)19-15-9-5-4-8-14(15)11-10-13-6-2-1-3-7-13/h1-11H,12H2/b11-10+. The van der Waals surface area contributed by atoms with Crippen molar-refractivity contribution in [2.75, 3.05) is 5.33 Å². The first-order valence-electron chi connectivity index (χ1n) is 5.88. The fourth-order valence-corrected chi connectivity index (χ4v) is 1.73. The Bertz CT molecular complexity index is 576. The molecule has 0 aromatic heterocycles. The van der Waals surface area contributed by atoms with Crippen LogP contribution in [0.3, 0.4) is 0 Å². The van der Waals surface area contributed by atoms with E-state index in [1.165, 1.54) is 0 Å². The number of rotatable bonds is 4. The van der Waals surface area contributed by atoms with Crippen molar-refractivity contribution in [3.63, 3.8) is 0 Å². The number of para-hydroxylation sites is 1. The normalized spacial score (nSPS) is 10.6. The Balaban J connectivity index is 2.20. The minimum atomic E-state index is -0.305. The highest BCUT2D eigenvalue weighted by Gasteiger charge is 2.05. The van der Waals surface area contributed by atoms with Crippen LogP contribution in [0.25, 0.3) is 12.2 Å². The van der Waals surface area contributed by atoms with E-state index in [0.29, 0.717) is 5.75 Å². The monoisotopic (exact) mass is 316 g/mol. The van der Waals surface area contributed by atoms with Gasteiger partial charge in [0.1, 0.15) is 11.1 Å². The fourth-order valence-electron chi connectivity index (χ4n) is 1.61. The first-order valence-corrected chi connectivity index (χ1v) is 7.00. The van der Waals surface area contributed by atoms with Gasteiger partial charge in [-0.2, -0.15) is 0 Å². The van der Waals surface area contributed by atoms with Crippen LogP contribution in [-0.2, 0) is 4.79 Å². The van der Waals surface area contributed by atoms with Gasteiger partial charge in [-0.25, -0.2) is 0 Å². The van der Waals surface area contributed by atoms with Crippen molar-refractivity contribution in [3.8, 4) is 5.75 Å². The number of hydrogen-bond donors (Lipinski definition) is 0. The van der Waals surface area contributed by atoms with Crippen LogP contribution in [0.1, 0.15) is 11.1 Å². The summed E-state index contributed by atoms with van der Waals surface area (Å²) in [4.78, 5) is 11.3. The molecule has 0 saturated carbocycles. The lowest BCUT2D eigenvalue weighted by Crippen LogP contribution is -2.09. The third kappa shape index (κ3) is 4.07. The summed E-state index contributed by atoms with van der Waals surface area (Å²) in [7, 11) is 0. The third-order valence-electron chi connectivity index (χ3n) is 2.51. The second-order valence-electron chi connectivity index (χ2n) is 3.89. The number of carbonyl (C=O) groups excluding carboxylic acids is 1. The summed E-state index contributed by atoms with van der Waals surface area (Å²) in [5, 5.41) is 0.184. The van der Waals surface area contributed by atoms with E-state index in [-0.39, 0.29) is 11.3 Å². The van der Waals surface area contributed by atoms with Crippen LogP contribution in [0, 0.1) is 0 Å². The number of esters is 1. The zero-order chi connectivity index (χ0) is 13.5. The Labute approximate surface area is 120 Å². The van der Waals surface area contributed by atoms with Gasteiger partial charge in [0.15, 0.2) is 0 Å². The van der Waals surface area contributed by atoms with E-state index in [1.54, 1.807) is 6.07 Å². The van der Waals surface area contributed by atoms with Crippen molar-refractivity contribution in [2.24, 2.45) is 0 Å². The summed E-state index contributed by atoms with van der Waals surface area (Å²) in [6.07, 6.45) is 3.92. The molecule has 0 aliphatic heterocycles. The molecule has 2 rings (SSSR count). The molecule has 0 saturated heterocycles. The second-order valence-corrected chi connectivity index (χ2v) is 4.45. The smallest absolute Gasteiger partial charge is 0.321 e. The maximum atomic E-state index is 11.3. The van der Waals surface area contributed by atoms with Crippen molar-refractivity contribution in [1.82, 2.24) is 0 Å². The Morgan fingerprint density at radius 2 is 1.68 bits per heavy atom. The van der Waals surface area contributed by atoms with Crippen LogP contribution in [0.2, 0.25) is 0 Å². The average Bonchev–Trinajstić information content (AvgIpc) is 2.47. The summed E-state index contributed by atoms with van der Waals surface area (Å²) in [6, 6.07) is 17.4. The van der Waals surface area contributed by atoms with E-state index in [0.717, 1.165) is 11.1 Å². The highest BCUT2D eigenvalue weighted by molar-refractivity contribution is 9.09. The molecule has 0 atom stereocenters. The van der Waals surface area contributed by atoms with Crippen molar-refractivity contribution >= 4 is 34.1 Å². The molecule has 2 aromatic carbocycles. The van der Waals surface area contributed by atoms with Crippen LogP contribution in [-0.4, -0.2) is 11.3 Å². The number of hydrogen-bond acceptors (Lipinski definition) is 2. The topological polar surface area (TPSA) is 26.3 Å². The molecule has 2 nitrogen and oxygen atoms in total. The zero-order valence-corrected chi connectivity index (χ0v) is 11.8. The molecule has 19 heavy (non-hydrogen) atoms. The SMILES string of the molecule is O=C(CBr)Oc1ccccc1/C=C/c1ccccc1. The lowest BCUT2D eigenvalue weighted by molar-refractivity contribution is -0.131. The van der Waals surface area contributed by atoms with E-state index in [1.807, 2.05) is 60.7 Å². The van der Waals surface area contributed by atoms with E-state index in [9.17, 15) is 4.79 Å². The highest BCUT2D eigenvalue weighted by atomic mass is 79.9. The summed E-state index contributed by atoms with van der Waals surface area (Å²) in [6.45, 7) is 0. The molecule has 0 fully saturated rings. The largest absolute Gasteiger partial charge is 0.425 e. The van der Waals surface area contributed by atoms with Crippen molar-refractivity contribution in [1.29, 1.82) is 0 Å². The minimum absolute atomic E-state index is 0.184. The molecule has 0 bridgehead atoms. The maximum absolute atomic E-state index is 11.3.